The van der Waals surface area contributed by atoms with Gasteiger partial charge in [0.2, 0.25) is 5.91 Å². The van der Waals surface area contributed by atoms with E-state index in [1.54, 1.807) is 6.07 Å². The van der Waals surface area contributed by atoms with Crippen LogP contribution in [0.3, 0.4) is 0 Å². The standard InChI is InChI=1S/C14H20NO6P.2Na/c16-13-6-2-1-3-7-15(13)10-22(19,20)12(14(17)18)9-11-5-4-8-21-11;;/h4-5,8,12H,1-3,6-7,9-10H2,(H,17,18)(H,19,20);;/q;2*+1/p-2. The number of carboxylic acid groups (broad SMARTS) is 1. The molecule has 0 aliphatic carbocycles. The van der Waals surface area contributed by atoms with Crippen molar-refractivity contribution in [1.29, 1.82) is 0 Å². The summed E-state index contributed by atoms with van der Waals surface area (Å²) in [6, 6.07) is 3.06. The SMILES string of the molecule is O=C([O-])C(Cc1ccco1)P(=O)([O-])CN1CCCCCC1=O.[Na+].[Na+]. The van der Waals surface area contributed by atoms with Crippen molar-refractivity contribution in [1.82, 2.24) is 4.90 Å². The van der Waals surface area contributed by atoms with Crippen LogP contribution in [0, 0.1) is 0 Å². The quantitative estimate of drug-likeness (QED) is 0.362. The molecule has 0 N–H and O–H groups in total. The monoisotopic (exact) mass is 373 g/mol. The molecule has 0 bridgehead atoms. The number of hydrogen-bond acceptors (Lipinski definition) is 6. The largest absolute Gasteiger partial charge is 1.00 e. The number of nitrogens with zero attached hydrogens (tertiary/aromatic N) is 1. The van der Waals surface area contributed by atoms with Gasteiger partial charge in [0.05, 0.1) is 18.5 Å². The van der Waals surface area contributed by atoms with Crippen molar-refractivity contribution in [2.75, 3.05) is 12.8 Å². The van der Waals surface area contributed by atoms with E-state index >= 15 is 0 Å². The van der Waals surface area contributed by atoms with E-state index < -0.39 is 25.3 Å². The van der Waals surface area contributed by atoms with Gasteiger partial charge in [-0.25, -0.2) is 0 Å². The summed E-state index contributed by atoms with van der Waals surface area (Å²) in [4.78, 5) is 36.8. The molecule has 2 heterocycles. The zero-order chi connectivity index (χ0) is 16.2. The molecule has 0 aromatic carbocycles. The van der Waals surface area contributed by atoms with Crippen LogP contribution in [0.1, 0.15) is 31.4 Å². The summed E-state index contributed by atoms with van der Waals surface area (Å²) in [7, 11) is -4.39. The summed E-state index contributed by atoms with van der Waals surface area (Å²) in [5, 5.41) is 11.2. The van der Waals surface area contributed by atoms with Crippen LogP contribution in [-0.2, 0) is 20.6 Å². The van der Waals surface area contributed by atoms with E-state index in [0.29, 0.717) is 13.0 Å². The number of carboxylic acids is 1. The summed E-state index contributed by atoms with van der Waals surface area (Å²) < 4.78 is 17.4. The van der Waals surface area contributed by atoms with Crippen molar-refractivity contribution in [2.24, 2.45) is 0 Å². The summed E-state index contributed by atoms with van der Waals surface area (Å²) in [6.45, 7) is 0.339. The van der Waals surface area contributed by atoms with Gasteiger partial charge in [0, 0.05) is 32.4 Å². The smallest absolute Gasteiger partial charge is 0.798 e. The van der Waals surface area contributed by atoms with Gasteiger partial charge in [0.15, 0.2) is 0 Å². The molecule has 0 saturated carbocycles. The van der Waals surface area contributed by atoms with Crippen LogP contribution in [0.5, 0.6) is 0 Å². The van der Waals surface area contributed by atoms with Crippen LogP contribution in [0.15, 0.2) is 22.8 Å². The van der Waals surface area contributed by atoms with Crippen molar-refractivity contribution in [3.05, 3.63) is 24.2 Å². The van der Waals surface area contributed by atoms with Crippen molar-refractivity contribution < 1.29 is 87.7 Å². The molecular weight excluding hydrogens is 355 g/mol. The van der Waals surface area contributed by atoms with Gasteiger partial charge in [-0.1, -0.05) is 6.42 Å². The summed E-state index contributed by atoms with van der Waals surface area (Å²) >= 11 is 0. The minimum Gasteiger partial charge on any atom is -0.798 e. The number of amides is 1. The van der Waals surface area contributed by atoms with Crippen LogP contribution in [-0.4, -0.2) is 35.3 Å². The summed E-state index contributed by atoms with van der Waals surface area (Å²) in [5.41, 5.74) is -1.70. The fourth-order valence-corrected chi connectivity index (χ4v) is 4.28. The third-order valence-corrected chi connectivity index (χ3v) is 5.84. The Morgan fingerprint density at radius 1 is 1.33 bits per heavy atom. The van der Waals surface area contributed by atoms with Gasteiger partial charge < -0.3 is 28.7 Å². The van der Waals surface area contributed by atoms with Crippen molar-refractivity contribution >= 4 is 19.2 Å². The van der Waals surface area contributed by atoms with E-state index in [1.807, 2.05) is 0 Å². The first-order valence-electron chi connectivity index (χ1n) is 7.21. The first kappa shape index (κ1) is 24.4. The molecular formula is C14H18NNa2O6P. The molecule has 1 fully saturated rings. The van der Waals surface area contributed by atoms with Crippen LogP contribution in [0.2, 0.25) is 0 Å². The minimum absolute atomic E-state index is 0. The first-order chi connectivity index (χ1) is 10.4. The fourth-order valence-electron chi connectivity index (χ4n) is 2.53. The Kier molecular flexibility index (Phi) is 11.4. The molecule has 0 spiro atoms. The van der Waals surface area contributed by atoms with E-state index in [1.165, 1.54) is 17.2 Å². The van der Waals surface area contributed by atoms with Crippen LogP contribution >= 0.6 is 7.37 Å². The van der Waals surface area contributed by atoms with Gasteiger partial charge in [-0.3, -0.25) is 4.79 Å². The predicted octanol–water partition coefficient (Wildman–Crippen LogP) is -6.05. The van der Waals surface area contributed by atoms with Crippen molar-refractivity contribution in [2.45, 2.75) is 37.8 Å². The molecule has 1 amide bonds. The molecule has 2 atom stereocenters. The summed E-state index contributed by atoms with van der Waals surface area (Å²) in [5.74, 6) is -1.66. The second-order valence-electron chi connectivity index (χ2n) is 5.45. The van der Waals surface area contributed by atoms with Gasteiger partial charge in [0.1, 0.15) is 5.76 Å². The number of hydrogen-bond donors (Lipinski definition) is 0. The Labute approximate surface area is 185 Å². The number of furan rings is 1. The molecule has 1 aliphatic rings. The zero-order valence-corrected chi connectivity index (χ0v) is 19.0. The van der Waals surface area contributed by atoms with Crippen LogP contribution < -0.4 is 69.1 Å². The predicted molar refractivity (Wildman–Crippen MR) is 73.9 cm³/mol. The van der Waals surface area contributed by atoms with Crippen LogP contribution in [0.25, 0.3) is 0 Å². The number of aliphatic carboxylic acids is 1. The summed E-state index contributed by atoms with van der Waals surface area (Å²) in [6.07, 6.45) is 3.10. The van der Waals surface area contributed by atoms with E-state index in [-0.39, 0.29) is 77.2 Å². The average molecular weight is 373 g/mol. The van der Waals surface area contributed by atoms with Crippen LogP contribution in [0.4, 0.5) is 0 Å². The second-order valence-corrected chi connectivity index (χ2v) is 7.81. The Bertz CT molecular complexity index is 580. The maximum absolute atomic E-state index is 12.4. The third kappa shape index (κ3) is 6.96. The molecule has 122 valence electrons. The van der Waals surface area contributed by atoms with Crippen molar-refractivity contribution in [3.63, 3.8) is 0 Å². The Hall–Kier alpha value is 0.410. The van der Waals surface area contributed by atoms with E-state index in [4.69, 9.17) is 4.42 Å². The van der Waals surface area contributed by atoms with Gasteiger partial charge >= 0.3 is 59.1 Å². The maximum atomic E-state index is 12.4. The average Bonchev–Trinajstić information content (AvgIpc) is 2.88. The number of rotatable bonds is 6. The normalized spacial score (nSPS) is 18.5. The van der Waals surface area contributed by atoms with E-state index in [9.17, 15) is 24.2 Å². The molecule has 1 aliphatic heterocycles. The number of likely N-dealkylation sites (tertiary alicyclic amines) is 1. The van der Waals surface area contributed by atoms with Gasteiger partial charge in [0.25, 0.3) is 0 Å². The molecule has 7 nitrogen and oxygen atoms in total. The minimum atomic E-state index is -4.39. The second kappa shape index (κ2) is 11.2. The topological polar surface area (TPSA) is 114 Å². The Morgan fingerprint density at radius 2 is 2.04 bits per heavy atom. The molecule has 24 heavy (non-hydrogen) atoms. The molecule has 2 unspecified atom stereocenters. The van der Waals surface area contributed by atoms with Gasteiger partial charge in [-0.15, -0.1) is 0 Å². The van der Waals surface area contributed by atoms with Gasteiger partial charge in [-0.2, -0.15) is 0 Å². The molecule has 10 heteroatoms. The maximum Gasteiger partial charge on any atom is 1.00 e. The fraction of sp³-hybridized carbons (Fsp3) is 0.571. The van der Waals surface area contributed by atoms with E-state index in [2.05, 4.69) is 0 Å². The molecule has 1 aromatic heterocycles. The molecule has 1 saturated heterocycles. The zero-order valence-electron chi connectivity index (χ0n) is 14.1. The van der Waals surface area contributed by atoms with Crippen molar-refractivity contribution in [3.8, 4) is 0 Å². The van der Waals surface area contributed by atoms with Gasteiger partial charge in [-0.05, 0) is 25.0 Å². The number of carbonyl (C=O) groups is 2. The first-order valence-corrected chi connectivity index (χ1v) is 9.09. The molecule has 2 rings (SSSR count). The molecule has 1 aromatic rings. The third-order valence-electron chi connectivity index (χ3n) is 3.76. The Morgan fingerprint density at radius 3 is 2.62 bits per heavy atom. The number of carbonyl (C=O) groups excluding carboxylic acids is 2. The molecule has 0 radical (unpaired) electrons. The van der Waals surface area contributed by atoms with E-state index in [0.717, 1.165) is 19.3 Å². The Balaban J connectivity index is 0.00000264.